The first-order valence-corrected chi connectivity index (χ1v) is 10.7. The van der Waals surface area contributed by atoms with Crippen LogP contribution in [0, 0.1) is 0 Å². The van der Waals surface area contributed by atoms with Gasteiger partial charge < -0.3 is 14.8 Å². The lowest BCUT2D eigenvalue weighted by atomic mass is 10.0. The molecule has 1 atom stereocenters. The second kappa shape index (κ2) is 8.36. The number of carbonyl (C=O) groups excluding carboxylic acids is 1. The molecule has 0 bridgehead atoms. The Kier molecular flexibility index (Phi) is 5.28. The van der Waals surface area contributed by atoms with Crippen LogP contribution in [0.5, 0.6) is 11.5 Å². The SMILES string of the molecule is O=C(CN1CCC[C@@H]1c1ccc2c(c1)OCCCO2)Nc1ccc2ccccc2c1. The summed E-state index contributed by atoms with van der Waals surface area (Å²) in [7, 11) is 0. The van der Waals surface area contributed by atoms with Gasteiger partial charge in [0.05, 0.1) is 19.8 Å². The lowest BCUT2D eigenvalue weighted by Gasteiger charge is -2.25. The van der Waals surface area contributed by atoms with Crippen molar-refractivity contribution in [3.63, 3.8) is 0 Å². The second-order valence-corrected chi connectivity index (χ2v) is 8.00. The van der Waals surface area contributed by atoms with Gasteiger partial charge in [0.15, 0.2) is 11.5 Å². The summed E-state index contributed by atoms with van der Waals surface area (Å²) in [6, 6.07) is 20.6. The van der Waals surface area contributed by atoms with Crippen LogP contribution in [0.25, 0.3) is 10.8 Å². The molecule has 1 fully saturated rings. The molecule has 1 saturated heterocycles. The van der Waals surface area contributed by atoms with Crippen LogP contribution in [-0.4, -0.2) is 37.1 Å². The van der Waals surface area contributed by atoms with Crippen molar-refractivity contribution in [2.24, 2.45) is 0 Å². The van der Waals surface area contributed by atoms with E-state index in [2.05, 4.69) is 34.5 Å². The van der Waals surface area contributed by atoms with E-state index in [1.165, 1.54) is 10.9 Å². The van der Waals surface area contributed by atoms with Crippen molar-refractivity contribution in [3.8, 4) is 11.5 Å². The van der Waals surface area contributed by atoms with Gasteiger partial charge in [-0.05, 0) is 60.0 Å². The number of hydrogen-bond donors (Lipinski definition) is 1. The molecule has 1 N–H and O–H groups in total. The zero-order chi connectivity index (χ0) is 20.3. The van der Waals surface area contributed by atoms with Crippen molar-refractivity contribution in [2.45, 2.75) is 25.3 Å². The van der Waals surface area contributed by atoms with Gasteiger partial charge in [-0.3, -0.25) is 9.69 Å². The summed E-state index contributed by atoms with van der Waals surface area (Å²) in [5.74, 6) is 1.65. The Morgan fingerprint density at radius 1 is 0.933 bits per heavy atom. The normalized spacial score (nSPS) is 18.9. The highest BCUT2D eigenvalue weighted by molar-refractivity contribution is 5.95. The van der Waals surface area contributed by atoms with Crippen LogP contribution in [0.4, 0.5) is 5.69 Å². The van der Waals surface area contributed by atoms with Gasteiger partial charge in [-0.2, -0.15) is 0 Å². The molecule has 5 heteroatoms. The molecule has 1 amide bonds. The van der Waals surface area contributed by atoms with Crippen molar-refractivity contribution >= 4 is 22.4 Å². The molecule has 3 aromatic rings. The van der Waals surface area contributed by atoms with E-state index >= 15 is 0 Å². The predicted octanol–water partition coefficient (Wildman–Crippen LogP) is 4.78. The molecule has 5 rings (SSSR count). The Morgan fingerprint density at radius 3 is 2.67 bits per heavy atom. The molecule has 0 aromatic heterocycles. The summed E-state index contributed by atoms with van der Waals surface area (Å²) >= 11 is 0. The van der Waals surface area contributed by atoms with E-state index in [-0.39, 0.29) is 11.9 Å². The van der Waals surface area contributed by atoms with E-state index < -0.39 is 0 Å². The van der Waals surface area contributed by atoms with Crippen molar-refractivity contribution in [3.05, 3.63) is 66.2 Å². The molecule has 0 spiro atoms. The molecule has 5 nitrogen and oxygen atoms in total. The first kappa shape index (κ1) is 18.9. The van der Waals surface area contributed by atoms with Crippen LogP contribution in [-0.2, 0) is 4.79 Å². The molecule has 0 saturated carbocycles. The van der Waals surface area contributed by atoms with E-state index in [9.17, 15) is 4.79 Å². The Balaban J connectivity index is 1.28. The fourth-order valence-electron chi connectivity index (χ4n) is 4.43. The fraction of sp³-hybridized carbons (Fsp3) is 0.320. The quantitative estimate of drug-likeness (QED) is 0.683. The molecule has 2 aliphatic heterocycles. The number of benzene rings is 3. The van der Waals surface area contributed by atoms with Crippen molar-refractivity contribution in [1.29, 1.82) is 0 Å². The van der Waals surface area contributed by atoms with Gasteiger partial charge >= 0.3 is 0 Å². The maximum absolute atomic E-state index is 12.8. The van der Waals surface area contributed by atoms with Gasteiger partial charge in [-0.25, -0.2) is 0 Å². The summed E-state index contributed by atoms with van der Waals surface area (Å²) in [5, 5.41) is 5.36. The highest BCUT2D eigenvalue weighted by Gasteiger charge is 2.28. The number of anilines is 1. The van der Waals surface area contributed by atoms with Crippen LogP contribution in [0.2, 0.25) is 0 Å². The molecule has 154 valence electrons. The minimum atomic E-state index is 0.0199. The minimum Gasteiger partial charge on any atom is -0.490 e. The van der Waals surface area contributed by atoms with Gasteiger partial charge in [0.2, 0.25) is 5.91 Å². The fourth-order valence-corrected chi connectivity index (χ4v) is 4.43. The van der Waals surface area contributed by atoms with Crippen molar-refractivity contribution in [2.75, 3.05) is 31.6 Å². The van der Waals surface area contributed by atoms with Gasteiger partial charge in [0.1, 0.15) is 0 Å². The lowest BCUT2D eigenvalue weighted by molar-refractivity contribution is -0.117. The van der Waals surface area contributed by atoms with E-state index in [1.807, 2.05) is 36.4 Å². The molecule has 2 aliphatic rings. The van der Waals surface area contributed by atoms with Crippen LogP contribution >= 0.6 is 0 Å². The molecule has 0 unspecified atom stereocenters. The maximum Gasteiger partial charge on any atom is 0.238 e. The summed E-state index contributed by atoms with van der Waals surface area (Å²) < 4.78 is 11.6. The second-order valence-electron chi connectivity index (χ2n) is 8.00. The van der Waals surface area contributed by atoms with Gasteiger partial charge in [0, 0.05) is 18.2 Å². The van der Waals surface area contributed by atoms with E-state index in [4.69, 9.17) is 9.47 Å². The topological polar surface area (TPSA) is 50.8 Å². The first-order valence-electron chi connectivity index (χ1n) is 10.7. The van der Waals surface area contributed by atoms with E-state index in [0.717, 1.165) is 48.4 Å². The van der Waals surface area contributed by atoms with E-state index in [1.54, 1.807) is 0 Å². The molecular formula is C25H26N2O3. The number of amides is 1. The third-order valence-electron chi connectivity index (χ3n) is 5.90. The lowest BCUT2D eigenvalue weighted by Crippen LogP contribution is -2.32. The zero-order valence-electron chi connectivity index (χ0n) is 17.0. The zero-order valence-corrected chi connectivity index (χ0v) is 17.0. The van der Waals surface area contributed by atoms with E-state index in [0.29, 0.717) is 19.8 Å². The number of hydrogen-bond acceptors (Lipinski definition) is 4. The van der Waals surface area contributed by atoms with Crippen molar-refractivity contribution in [1.82, 2.24) is 4.90 Å². The molecule has 0 aliphatic carbocycles. The maximum atomic E-state index is 12.8. The predicted molar refractivity (Wildman–Crippen MR) is 118 cm³/mol. The summed E-state index contributed by atoms with van der Waals surface area (Å²) in [6.45, 7) is 2.67. The number of nitrogens with zero attached hydrogens (tertiary/aromatic N) is 1. The average Bonchev–Trinajstić information content (AvgIpc) is 3.08. The first-order chi connectivity index (χ1) is 14.8. The number of fused-ring (bicyclic) bond motifs is 2. The number of ether oxygens (including phenoxy) is 2. The monoisotopic (exact) mass is 402 g/mol. The average molecular weight is 402 g/mol. The smallest absolute Gasteiger partial charge is 0.238 e. The Labute approximate surface area is 176 Å². The molecule has 2 heterocycles. The largest absolute Gasteiger partial charge is 0.490 e. The third kappa shape index (κ3) is 3.98. The third-order valence-corrected chi connectivity index (χ3v) is 5.90. The van der Waals surface area contributed by atoms with Gasteiger partial charge in [0.25, 0.3) is 0 Å². The van der Waals surface area contributed by atoms with Crippen LogP contribution < -0.4 is 14.8 Å². The molecular weight excluding hydrogens is 376 g/mol. The molecule has 0 radical (unpaired) electrons. The van der Waals surface area contributed by atoms with Gasteiger partial charge in [-0.1, -0.05) is 36.4 Å². The Morgan fingerprint density at radius 2 is 1.77 bits per heavy atom. The Bertz CT molecular complexity index is 1070. The molecule has 3 aromatic carbocycles. The Hall–Kier alpha value is -3.05. The summed E-state index contributed by atoms with van der Waals surface area (Å²) in [6.07, 6.45) is 3.03. The summed E-state index contributed by atoms with van der Waals surface area (Å²) in [5.41, 5.74) is 2.03. The van der Waals surface area contributed by atoms with Crippen molar-refractivity contribution < 1.29 is 14.3 Å². The van der Waals surface area contributed by atoms with Gasteiger partial charge in [-0.15, -0.1) is 0 Å². The summed E-state index contributed by atoms with van der Waals surface area (Å²) in [4.78, 5) is 15.0. The number of nitrogens with one attached hydrogen (secondary N) is 1. The highest BCUT2D eigenvalue weighted by atomic mass is 16.5. The number of carbonyl (C=O) groups is 1. The van der Waals surface area contributed by atoms with Crippen LogP contribution in [0.1, 0.15) is 30.9 Å². The highest BCUT2D eigenvalue weighted by Crippen LogP contribution is 2.37. The number of rotatable bonds is 4. The molecule has 30 heavy (non-hydrogen) atoms. The standard InChI is InChI=1S/C25H26N2O3/c28-25(26-21-10-8-18-5-1-2-6-19(18)15-21)17-27-12-3-7-22(27)20-9-11-23-24(16-20)30-14-4-13-29-23/h1-2,5-6,8-11,15-16,22H,3-4,7,12-14,17H2,(H,26,28)/t22-/m1/s1. The number of likely N-dealkylation sites (tertiary alicyclic amines) is 1. The van der Waals surface area contributed by atoms with Crippen LogP contribution in [0.3, 0.4) is 0 Å². The van der Waals surface area contributed by atoms with Crippen LogP contribution in [0.15, 0.2) is 60.7 Å². The minimum absolute atomic E-state index is 0.0199.